The number of aliphatic hydroxyl groups excluding tert-OH is 1. The Kier molecular flexibility index (Phi) is 2.47. The van der Waals surface area contributed by atoms with Crippen LogP contribution in [0.4, 0.5) is 0 Å². The normalized spacial score (nSPS) is 37.4. The van der Waals surface area contributed by atoms with Crippen LogP contribution in [0.3, 0.4) is 0 Å². The van der Waals surface area contributed by atoms with E-state index in [-0.39, 0.29) is 6.10 Å². The molecule has 0 atom stereocenters. The lowest BCUT2D eigenvalue weighted by atomic mass is 9.92. The Balaban J connectivity index is 1.81. The molecule has 0 unspecified atom stereocenters. The largest absolute Gasteiger partial charge is 0.393 e. The Morgan fingerprint density at radius 3 is 2.17 bits per heavy atom. The highest BCUT2D eigenvalue weighted by Gasteiger charge is 2.24. The standard InChI is InChI=1S/C10H17NO/c12-10-5-3-9(4-6-10)11-7-1-2-8-11/h1-2,9-10,12H,3-8H2. The smallest absolute Gasteiger partial charge is 0.0541 e. The molecule has 2 aliphatic rings. The second-order valence-corrected chi connectivity index (χ2v) is 3.89. The van der Waals surface area contributed by atoms with E-state index in [1.807, 2.05) is 0 Å². The molecule has 0 radical (unpaired) electrons. The molecule has 0 amide bonds. The minimum absolute atomic E-state index is 0.0168. The predicted octanol–water partition coefficient (Wildman–Crippen LogP) is 1.16. The highest BCUT2D eigenvalue weighted by atomic mass is 16.3. The fourth-order valence-electron chi connectivity index (χ4n) is 2.22. The topological polar surface area (TPSA) is 23.5 Å². The molecule has 0 aromatic rings. The van der Waals surface area contributed by atoms with Crippen LogP contribution in [0.25, 0.3) is 0 Å². The van der Waals surface area contributed by atoms with E-state index >= 15 is 0 Å². The first-order chi connectivity index (χ1) is 5.86. The fraction of sp³-hybridized carbons (Fsp3) is 0.800. The Morgan fingerprint density at radius 2 is 1.58 bits per heavy atom. The molecule has 12 heavy (non-hydrogen) atoms. The van der Waals surface area contributed by atoms with E-state index in [2.05, 4.69) is 17.1 Å². The molecule has 2 nitrogen and oxygen atoms in total. The average Bonchev–Trinajstić information content (AvgIpc) is 2.58. The zero-order chi connectivity index (χ0) is 8.39. The molecule has 0 saturated heterocycles. The van der Waals surface area contributed by atoms with Gasteiger partial charge in [-0.2, -0.15) is 0 Å². The summed E-state index contributed by atoms with van der Waals surface area (Å²) in [6, 6.07) is 0.739. The van der Waals surface area contributed by atoms with Crippen molar-refractivity contribution in [2.75, 3.05) is 13.1 Å². The van der Waals surface area contributed by atoms with E-state index in [4.69, 9.17) is 0 Å². The van der Waals surface area contributed by atoms with Crippen molar-refractivity contribution in [1.82, 2.24) is 4.90 Å². The van der Waals surface area contributed by atoms with Crippen molar-refractivity contribution in [3.8, 4) is 0 Å². The lowest BCUT2D eigenvalue weighted by Crippen LogP contribution is -2.37. The third-order valence-electron chi connectivity index (χ3n) is 3.03. The van der Waals surface area contributed by atoms with E-state index in [1.165, 1.54) is 12.8 Å². The number of nitrogens with zero attached hydrogens (tertiary/aromatic N) is 1. The summed E-state index contributed by atoms with van der Waals surface area (Å²) in [5.41, 5.74) is 0. The van der Waals surface area contributed by atoms with Gasteiger partial charge in [-0.15, -0.1) is 0 Å². The first-order valence-corrected chi connectivity index (χ1v) is 4.93. The van der Waals surface area contributed by atoms with Gasteiger partial charge in [0, 0.05) is 19.1 Å². The minimum atomic E-state index is -0.0168. The monoisotopic (exact) mass is 167 g/mol. The molecule has 1 saturated carbocycles. The van der Waals surface area contributed by atoms with E-state index in [9.17, 15) is 5.11 Å². The van der Waals surface area contributed by atoms with Crippen molar-refractivity contribution < 1.29 is 5.11 Å². The summed E-state index contributed by atoms with van der Waals surface area (Å²) in [7, 11) is 0. The van der Waals surface area contributed by atoms with Crippen molar-refractivity contribution in [2.24, 2.45) is 0 Å². The maximum atomic E-state index is 9.34. The van der Waals surface area contributed by atoms with E-state index in [0.717, 1.165) is 32.0 Å². The van der Waals surface area contributed by atoms with E-state index in [0.29, 0.717) is 0 Å². The van der Waals surface area contributed by atoms with Crippen LogP contribution in [0.2, 0.25) is 0 Å². The van der Waals surface area contributed by atoms with Crippen molar-refractivity contribution >= 4 is 0 Å². The summed E-state index contributed by atoms with van der Waals surface area (Å²) in [5, 5.41) is 9.34. The molecule has 1 N–H and O–H groups in total. The summed E-state index contributed by atoms with van der Waals surface area (Å²) in [5.74, 6) is 0. The second kappa shape index (κ2) is 3.58. The molecule has 1 heterocycles. The molecule has 2 heteroatoms. The molecule has 1 fully saturated rings. The summed E-state index contributed by atoms with van der Waals surface area (Å²) in [6.45, 7) is 2.25. The van der Waals surface area contributed by atoms with Gasteiger partial charge in [0.1, 0.15) is 0 Å². The summed E-state index contributed by atoms with van der Waals surface area (Å²) >= 11 is 0. The van der Waals surface area contributed by atoms with Crippen molar-refractivity contribution in [3.05, 3.63) is 12.2 Å². The lowest BCUT2D eigenvalue weighted by molar-refractivity contribution is 0.0855. The van der Waals surface area contributed by atoms with Crippen molar-refractivity contribution in [3.63, 3.8) is 0 Å². The number of aliphatic hydroxyl groups is 1. The zero-order valence-corrected chi connectivity index (χ0v) is 7.45. The van der Waals surface area contributed by atoms with E-state index < -0.39 is 0 Å². The molecular formula is C10H17NO. The molecule has 0 aromatic carbocycles. The van der Waals surface area contributed by atoms with Crippen LogP contribution in [0, 0.1) is 0 Å². The van der Waals surface area contributed by atoms with Gasteiger partial charge in [-0.05, 0) is 25.7 Å². The van der Waals surface area contributed by atoms with E-state index in [1.54, 1.807) is 0 Å². The van der Waals surface area contributed by atoms with Crippen LogP contribution < -0.4 is 0 Å². The highest BCUT2D eigenvalue weighted by molar-refractivity contribution is 4.98. The maximum absolute atomic E-state index is 9.34. The van der Waals surface area contributed by atoms with Crippen LogP contribution in [-0.2, 0) is 0 Å². The lowest BCUT2D eigenvalue weighted by Gasteiger charge is -2.32. The van der Waals surface area contributed by atoms with Gasteiger partial charge in [0.2, 0.25) is 0 Å². The zero-order valence-electron chi connectivity index (χ0n) is 7.45. The van der Waals surface area contributed by atoms with Gasteiger partial charge in [-0.25, -0.2) is 0 Å². The Labute approximate surface area is 73.9 Å². The molecule has 0 bridgehead atoms. The Morgan fingerprint density at radius 1 is 1.00 bits per heavy atom. The minimum Gasteiger partial charge on any atom is -0.393 e. The maximum Gasteiger partial charge on any atom is 0.0541 e. The SMILES string of the molecule is OC1CCC(N2CC=CC2)CC1. The number of rotatable bonds is 1. The third-order valence-corrected chi connectivity index (χ3v) is 3.03. The quantitative estimate of drug-likeness (QED) is 0.592. The van der Waals surface area contributed by atoms with Gasteiger partial charge >= 0.3 is 0 Å². The molecule has 0 aromatic heterocycles. The molecule has 1 aliphatic heterocycles. The summed E-state index contributed by atoms with van der Waals surface area (Å²) in [6.07, 6.45) is 8.83. The van der Waals surface area contributed by atoms with Crippen LogP contribution in [0.5, 0.6) is 0 Å². The van der Waals surface area contributed by atoms with Crippen LogP contribution in [0.1, 0.15) is 25.7 Å². The molecular weight excluding hydrogens is 150 g/mol. The van der Waals surface area contributed by atoms with Gasteiger partial charge < -0.3 is 5.11 Å². The third kappa shape index (κ3) is 1.70. The summed E-state index contributed by atoms with van der Waals surface area (Å²) < 4.78 is 0. The first-order valence-electron chi connectivity index (χ1n) is 4.93. The van der Waals surface area contributed by atoms with Crippen LogP contribution >= 0.6 is 0 Å². The predicted molar refractivity (Wildman–Crippen MR) is 49.0 cm³/mol. The highest BCUT2D eigenvalue weighted by Crippen LogP contribution is 2.23. The second-order valence-electron chi connectivity index (χ2n) is 3.89. The van der Waals surface area contributed by atoms with Gasteiger partial charge in [0.15, 0.2) is 0 Å². The average molecular weight is 167 g/mol. The van der Waals surface area contributed by atoms with Crippen molar-refractivity contribution in [1.29, 1.82) is 0 Å². The number of hydrogen-bond acceptors (Lipinski definition) is 2. The van der Waals surface area contributed by atoms with Gasteiger partial charge in [0.05, 0.1) is 6.10 Å². The number of hydrogen-bond donors (Lipinski definition) is 1. The van der Waals surface area contributed by atoms with Gasteiger partial charge in [-0.3, -0.25) is 4.90 Å². The van der Waals surface area contributed by atoms with Crippen LogP contribution in [0.15, 0.2) is 12.2 Å². The van der Waals surface area contributed by atoms with Crippen molar-refractivity contribution in [2.45, 2.75) is 37.8 Å². The Bertz CT molecular complexity index is 163. The van der Waals surface area contributed by atoms with Crippen LogP contribution in [-0.4, -0.2) is 35.2 Å². The molecule has 2 rings (SSSR count). The molecule has 0 spiro atoms. The molecule has 68 valence electrons. The van der Waals surface area contributed by atoms with Gasteiger partial charge in [0.25, 0.3) is 0 Å². The van der Waals surface area contributed by atoms with Gasteiger partial charge in [-0.1, -0.05) is 12.2 Å². The fourth-order valence-corrected chi connectivity index (χ4v) is 2.22. The summed E-state index contributed by atoms with van der Waals surface area (Å²) in [4.78, 5) is 2.51. The molecule has 1 aliphatic carbocycles. The Hall–Kier alpha value is -0.340. The first kappa shape index (κ1) is 8.27.